The van der Waals surface area contributed by atoms with Crippen molar-refractivity contribution < 1.29 is 24.5 Å². The van der Waals surface area contributed by atoms with E-state index in [4.69, 9.17) is 4.74 Å². The number of ether oxygens (including phenoxy) is 1. The molecule has 2 atom stereocenters. The monoisotopic (exact) mass is 1140 g/mol. The summed E-state index contributed by atoms with van der Waals surface area (Å²) in [5, 5.41) is 23.3. The highest BCUT2D eigenvalue weighted by Gasteiger charge is 2.20. The Kier molecular flexibility index (Phi) is 68.9. The van der Waals surface area contributed by atoms with E-state index >= 15 is 0 Å². The first kappa shape index (κ1) is 79.1. The van der Waals surface area contributed by atoms with E-state index in [1.165, 1.54) is 321 Å². The molecule has 0 heterocycles. The van der Waals surface area contributed by atoms with E-state index in [2.05, 4.69) is 55.6 Å². The lowest BCUT2D eigenvalue weighted by molar-refractivity contribution is -0.143. The predicted octanol–water partition coefficient (Wildman–Crippen LogP) is 23.9. The minimum absolute atomic E-state index is 0.0133. The second kappa shape index (κ2) is 70.6. The molecule has 0 aromatic rings. The average Bonchev–Trinajstić information content (AvgIpc) is 3.47. The Morgan fingerprint density at radius 2 is 0.617 bits per heavy atom. The molecule has 0 aromatic heterocycles. The van der Waals surface area contributed by atoms with Gasteiger partial charge in [0.25, 0.3) is 0 Å². The second-order valence-electron chi connectivity index (χ2n) is 25.3. The van der Waals surface area contributed by atoms with Gasteiger partial charge in [-0.1, -0.05) is 346 Å². The van der Waals surface area contributed by atoms with Crippen LogP contribution in [-0.4, -0.2) is 47.4 Å². The van der Waals surface area contributed by atoms with Gasteiger partial charge in [-0.25, -0.2) is 0 Å². The molecule has 0 saturated carbocycles. The van der Waals surface area contributed by atoms with E-state index in [1.807, 2.05) is 0 Å². The highest BCUT2D eigenvalue weighted by atomic mass is 16.5. The van der Waals surface area contributed by atoms with Crippen LogP contribution in [-0.2, 0) is 14.3 Å². The Balaban J connectivity index is 3.37. The normalized spacial score (nSPS) is 12.7. The molecule has 1 amide bonds. The van der Waals surface area contributed by atoms with Gasteiger partial charge in [0.05, 0.1) is 25.4 Å². The van der Waals surface area contributed by atoms with Crippen molar-refractivity contribution in [1.29, 1.82) is 0 Å². The summed E-state index contributed by atoms with van der Waals surface area (Å²) >= 11 is 0. The molecular weight excluding hydrogens is 995 g/mol. The molecule has 0 radical (unpaired) electrons. The van der Waals surface area contributed by atoms with Crippen LogP contribution >= 0.6 is 0 Å². The number of carbonyl (C=O) groups excluding carboxylic acids is 2. The zero-order valence-corrected chi connectivity index (χ0v) is 54.8. The Hall–Kier alpha value is -1.92. The van der Waals surface area contributed by atoms with Crippen molar-refractivity contribution >= 4 is 11.9 Å². The Bertz CT molecular complexity index is 1310. The molecule has 2 unspecified atom stereocenters. The third kappa shape index (κ3) is 67.1. The zero-order valence-electron chi connectivity index (χ0n) is 54.8. The maximum atomic E-state index is 12.5. The van der Waals surface area contributed by atoms with Crippen molar-refractivity contribution in [3.05, 3.63) is 36.5 Å². The van der Waals surface area contributed by atoms with Crippen LogP contribution in [0.4, 0.5) is 0 Å². The van der Waals surface area contributed by atoms with Crippen LogP contribution in [0, 0.1) is 0 Å². The Morgan fingerprint density at radius 3 is 0.951 bits per heavy atom. The first-order valence-electron chi connectivity index (χ1n) is 36.7. The molecule has 0 rings (SSSR count). The van der Waals surface area contributed by atoms with Gasteiger partial charge in [-0.05, 0) is 83.5 Å². The summed E-state index contributed by atoms with van der Waals surface area (Å²) in [5.74, 6) is -0.0188. The molecule has 81 heavy (non-hydrogen) atoms. The number of aliphatic hydroxyl groups is 2. The third-order valence-corrected chi connectivity index (χ3v) is 17.2. The number of hydrogen-bond acceptors (Lipinski definition) is 5. The van der Waals surface area contributed by atoms with Crippen molar-refractivity contribution in [3.8, 4) is 0 Å². The Morgan fingerprint density at radius 1 is 0.346 bits per heavy atom. The minimum Gasteiger partial charge on any atom is -0.466 e. The topological polar surface area (TPSA) is 95.9 Å². The summed E-state index contributed by atoms with van der Waals surface area (Å²) in [6, 6.07) is -0.541. The van der Waals surface area contributed by atoms with Crippen LogP contribution in [0.3, 0.4) is 0 Å². The second-order valence-corrected chi connectivity index (χ2v) is 25.3. The predicted molar refractivity (Wildman–Crippen MR) is 356 cm³/mol. The SMILES string of the molecule is CCCCCCCC/C=C\CCCCCCCCCCCC(=O)OCCCCCCCCCCC/C=C\C/C=C\CCCCCCCCCCCCCCCCCC(=O)NC(CO)C(O)CCCCCCCCCCCCCCCC. The molecular formula is C75H143NO5. The summed E-state index contributed by atoms with van der Waals surface area (Å²) < 4.78 is 5.51. The van der Waals surface area contributed by atoms with Gasteiger partial charge in [-0.2, -0.15) is 0 Å². The van der Waals surface area contributed by atoms with E-state index in [-0.39, 0.29) is 18.5 Å². The van der Waals surface area contributed by atoms with Crippen LogP contribution in [0.5, 0.6) is 0 Å². The molecule has 6 nitrogen and oxygen atoms in total. The van der Waals surface area contributed by atoms with Crippen molar-refractivity contribution in [2.75, 3.05) is 13.2 Å². The molecule has 0 fully saturated rings. The van der Waals surface area contributed by atoms with E-state index in [0.717, 1.165) is 51.4 Å². The van der Waals surface area contributed by atoms with Gasteiger partial charge in [0.2, 0.25) is 5.91 Å². The van der Waals surface area contributed by atoms with Gasteiger partial charge in [-0.15, -0.1) is 0 Å². The van der Waals surface area contributed by atoms with Crippen LogP contribution in [0.1, 0.15) is 406 Å². The molecule has 0 aromatic carbocycles. The molecule has 0 spiro atoms. The molecule has 3 N–H and O–H groups in total. The number of esters is 1. The fourth-order valence-corrected chi connectivity index (χ4v) is 11.6. The molecule has 478 valence electrons. The lowest BCUT2D eigenvalue weighted by Crippen LogP contribution is -2.45. The lowest BCUT2D eigenvalue weighted by Gasteiger charge is -2.22. The fraction of sp³-hybridized carbons (Fsp3) is 0.893. The third-order valence-electron chi connectivity index (χ3n) is 17.2. The maximum absolute atomic E-state index is 12.5. The largest absolute Gasteiger partial charge is 0.466 e. The smallest absolute Gasteiger partial charge is 0.305 e. The fourth-order valence-electron chi connectivity index (χ4n) is 11.6. The standard InChI is InChI=1S/C75H143NO5/c1-3-5-7-9-11-13-15-17-19-20-34-38-41-45-49-53-57-61-65-69-75(80)81-70-66-62-58-54-50-46-42-39-36-33-31-29-27-25-23-21-22-24-26-28-30-32-35-37-40-44-48-52-56-60-64-68-74(79)76-72(71-77)73(78)67-63-59-55-51-47-43-18-16-14-12-10-8-6-4-2/h17,19,23,25,29,31,72-73,77-78H,3-16,18,20-22,24,26-28,30,32-71H2,1-2H3,(H,76,79)/b19-17-,25-23-,31-29-. The summed E-state index contributed by atoms with van der Waals surface area (Å²) in [6.07, 6.45) is 90.6. The maximum Gasteiger partial charge on any atom is 0.305 e. The van der Waals surface area contributed by atoms with Gasteiger partial charge in [-0.3, -0.25) is 9.59 Å². The molecule has 0 aliphatic carbocycles. The highest BCUT2D eigenvalue weighted by Crippen LogP contribution is 2.19. The van der Waals surface area contributed by atoms with Gasteiger partial charge < -0.3 is 20.3 Å². The van der Waals surface area contributed by atoms with Crippen LogP contribution in [0.25, 0.3) is 0 Å². The van der Waals surface area contributed by atoms with Gasteiger partial charge in [0, 0.05) is 12.8 Å². The molecule has 0 saturated heterocycles. The van der Waals surface area contributed by atoms with E-state index in [0.29, 0.717) is 25.9 Å². The number of aliphatic hydroxyl groups excluding tert-OH is 2. The first-order valence-corrected chi connectivity index (χ1v) is 36.7. The summed E-state index contributed by atoms with van der Waals surface area (Å²) in [4.78, 5) is 24.6. The Labute approximate surface area is 506 Å². The first-order chi connectivity index (χ1) is 40.0. The van der Waals surface area contributed by atoms with E-state index in [1.54, 1.807) is 0 Å². The van der Waals surface area contributed by atoms with Crippen molar-refractivity contribution in [2.45, 2.75) is 418 Å². The average molecular weight is 1140 g/mol. The van der Waals surface area contributed by atoms with Gasteiger partial charge >= 0.3 is 5.97 Å². The number of rotatable bonds is 69. The van der Waals surface area contributed by atoms with Crippen LogP contribution in [0.2, 0.25) is 0 Å². The number of nitrogens with one attached hydrogen (secondary N) is 1. The van der Waals surface area contributed by atoms with Crippen molar-refractivity contribution in [3.63, 3.8) is 0 Å². The van der Waals surface area contributed by atoms with E-state index in [9.17, 15) is 19.8 Å². The molecule has 0 aliphatic rings. The number of carbonyl (C=O) groups is 2. The van der Waals surface area contributed by atoms with E-state index < -0.39 is 12.1 Å². The van der Waals surface area contributed by atoms with Crippen molar-refractivity contribution in [1.82, 2.24) is 5.32 Å². The quantitative estimate of drug-likeness (QED) is 0.0320. The minimum atomic E-state index is -0.664. The van der Waals surface area contributed by atoms with Gasteiger partial charge in [0.15, 0.2) is 0 Å². The molecule has 0 aliphatic heterocycles. The summed E-state index contributed by atoms with van der Waals surface area (Å²) in [7, 11) is 0. The highest BCUT2D eigenvalue weighted by molar-refractivity contribution is 5.76. The number of unbranched alkanes of at least 4 members (excludes halogenated alkanes) is 52. The number of hydrogen-bond donors (Lipinski definition) is 3. The molecule has 6 heteroatoms. The summed E-state index contributed by atoms with van der Waals surface area (Å²) in [6.45, 7) is 4.98. The van der Waals surface area contributed by atoms with Crippen LogP contribution < -0.4 is 5.32 Å². The van der Waals surface area contributed by atoms with Crippen molar-refractivity contribution in [2.24, 2.45) is 0 Å². The molecule has 0 bridgehead atoms. The van der Waals surface area contributed by atoms with Gasteiger partial charge in [0.1, 0.15) is 0 Å². The van der Waals surface area contributed by atoms with Crippen LogP contribution in [0.15, 0.2) is 36.5 Å². The summed E-state index contributed by atoms with van der Waals surface area (Å²) in [5.41, 5.74) is 0. The number of amides is 1. The zero-order chi connectivity index (χ0) is 58.5. The lowest BCUT2D eigenvalue weighted by atomic mass is 10.0. The number of allylic oxidation sites excluding steroid dienone is 6.